The minimum absolute atomic E-state index is 0.333. The van der Waals surface area contributed by atoms with Gasteiger partial charge in [-0.1, -0.05) is 18.2 Å². The smallest absolute Gasteiger partial charge is 0.341 e. The first-order valence-electron chi connectivity index (χ1n) is 9.08. The number of para-hydroxylation sites is 1. The number of anilines is 2. The molecular weight excluding hydrogens is 372 g/mol. The molecule has 29 heavy (non-hydrogen) atoms. The topological polar surface area (TPSA) is 89.8 Å². The highest BCUT2D eigenvalue weighted by Gasteiger charge is 2.21. The first kappa shape index (κ1) is 20.0. The number of hydrogen-bond acceptors (Lipinski definition) is 6. The van der Waals surface area contributed by atoms with E-state index in [1.807, 2.05) is 6.07 Å². The monoisotopic (exact) mass is 394 g/mol. The van der Waals surface area contributed by atoms with E-state index < -0.39 is 18.0 Å². The van der Waals surface area contributed by atoms with Gasteiger partial charge < -0.3 is 24.5 Å². The van der Waals surface area contributed by atoms with E-state index in [2.05, 4.69) is 10.6 Å². The predicted molar refractivity (Wildman–Crippen MR) is 109 cm³/mol. The van der Waals surface area contributed by atoms with Crippen LogP contribution in [0.1, 0.15) is 23.0 Å². The summed E-state index contributed by atoms with van der Waals surface area (Å²) in [7, 11) is 1.54. The van der Waals surface area contributed by atoms with Crippen molar-refractivity contribution in [2.24, 2.45) is 0 Å². The highest BCUT2D eigenvalue weighted by Crippen LogP contribution is 2.20. The van der Waals surface area contributed by atoms with E-state index in [1.54, 1.807) is 68.0 Å². The van der Waals surface area contributed by atoms with Crippen molar-refractivity contribution in [2.75, 3.05) is 17.7 Å². The third kappa shape index (κ3) is 5.38. The van der Waals surface area contributed by atoms with Gasteiger partial charge in [-0.2, -0.15) is 0 Å². The van der Waals surface area contributed by atoms with Gasteiger partial charge in [-0.15, -0.1) is 0 Å². The highest BCUT2D eigenvalue weighted by atomic mass is 16.5. The Kier molecular flexibility index (Phi) is 6.52. The Morgan fingerprint density at radius 3 is 2.66 bits per heavy atom. The number of rotatable bonds is 8. The summed E-state index contributed by atoms with van der Waals surface area (Å²) < 4.78 is 15.8. The van der Waals surface area contributed by atoms with Crippen LogP contribution in [0.2, 0.25) is 0 Å². The van der Waals surface area contributed by atoms with Crippen LogP contribution in [0.5, 0.6) is 5.75 Å². The Hall–Kier alpha value is -3.74. The van der Waals surface area contributed by atoms with Crippen LogP contribution in [-0.4, -0.2) is 25.1 Å². The molecule has 0 bridgehead atoms. The van der Waals surface area contributed by atoms with E-state index in [-0.39, 0.29) is 0 Å². The number of methoxy groups -OCH3 is 1. The minimum atomic E-state index is -0.980. The molecule has 3 rings (SSSR count). The molecule has 7 nitrogen and oxygen atoms in total. The molecule has 7 heteroatoms. The van der Waals surface area contributed by atoms with Gasteiger partial charge in [0.1, 0.15) is 11.5 Å². The summed E-state index contributed by atoms with van der Waals surface area (Å²) >= 11 is 0. The van der Waals surface area contributed by atoms with Crippen LogP contribution in [0.15, 0.2) is 71.3 Å². The van der Waals surface area contributed by atoms with Crippen molar-refractivity contribution in [1.29, 1.82) is 0 Å². The second-order valence-corrected chi connectivity index (χ2v) is 6.25. The quantitative estimate of drug-likeness (QED) is 0.560. The SMILES string of the molecule is COc1cccc(NC(=O)[C@@H](C)OC(=O)c2ccccc2NCc2ccco2)c1. The number of hydrogen-bond donors (Lipinski definition) is 2. The van der Waals surface area contributed by atoms with Crippen molar-refractivity contribution in [1.82, 2.24) is 0 Å². The molecule has 0 radical (unpaired) electrons. The number of ether oxygens (including phenoxy) is 2. The summed E-state index contributed by atoms with van der Waals surface area (Å²) in [5.41, 5.74) is 1.48. The second kappa shape index (κ2) is 9.45. The predicted octanol–water partition coefficient (Wildman–Crippen LogP) is 4.08. The second-order valence-electron chi connectivity index (χ2n) is 6.25. The largest absolute Gasteiger partial charge is 0.497 e. The van der Waals surface area contributed by atoms with Gasteiger partial charge in [0, 0.05) is 17.4 Å². The molecule has 0 saturated heterocycles. The molecule has 1 amide bonds. The molecule has 1 atom stereocenters. The molecular formula is C22H22N2O5. The molecule has 1 heterocycles. The van der Waals surface area contributed by atoms with E-state index in [0.29, 0.717) is 29.2 Å². The Morgan fingerprint density at radius 1 is 1.07 bits per heavy atom. The minimum Gasteiger partial charge on any atom is -0.497 e. The van der Waals surface area contributed by atoms with Gasteiger partial charge in [-0.3, -0.25) is 4.79 Å². The third-order valence-corrected chi connectivity index (χ3v) is 4.17. The van der Waals surface area contributed by atoms with Crippen LogP contribution in [0.25, 0.3) is 0 Å². The zero-order chi connectivity index (χ0) is 20.6. The van der Waals surface area contributed by atoms with Crippen molar-refractivity contribution in [3.05, 3.63) is 78.3 Å². The summed E-state index contributed by atoms with van der Waals surface area (Å²) in [6, 6.07) is 17.5. The van der Waals surface area contributed by atoms with Crippen LogP contribution in [0, 0.1) is 0 Å². The zero-order valence-electron chi connectivity index (χ0n) is 16.2. The van der Waals surface area contributed by atoms with Crippen molar-refractivity contribution >= 4 is 23.3 Å². The van der Waals surface area contributed by atoms with E-state index >= 15 is 0 Å². The van der Waals surface area contributed by atoms with Crippen LogP contribution < -0.4 is 15.4 Å². The van der Waals surface area contributed by atoms with Crippen molar-refractivity contribution in [3.63, 3.8) is 0 Å². The molecule has 3 aromatic rings. The van der Waals surface area contributed by atoms with Gasteiger partial charge in [0.25, 0.3) is 5.91 Å². The first-order valence-corrected chi connectivity index (χ1v) is 9.08. The maximum Gasteiger partial charge on any atom is 0.341 e. The number of esters is 1. The summed E-state index contributed by atoms with van der Waals surface area (Å²) in [6.07, 6.45) is 0.603. The van der Waals surface area contributed by atoms with E-state index in [0.717, 1.165) is 5.76 Å². The molecule has 2 aromatic carbocycles. The van der Waals surface area contributed by atoms with E-state index in [1.165, 1.54) is 6.92 Å². The van der Waals surface area contributed by atoms with E-state index in [9.17, 15) is 9.59 Å². The molecule has 0 unspecified atom stereocenters. The maximum atomic E-state index is 12.6. The van der Waals surface area contributed by atoms with E-state index in [4.69, 9.17) is 13.9 Å². The third-order valence-electron chi connectivity index (χ3n) is 4.17. The fourth-order valence-corrected chi connectivity index (χ4v) is 2.63. The number of benzene rings is 2. The molecule has 0 saturated carbocycles. The molecule has 0 spiro atoms. The van der Waals surface area contributed by atoms with Crippen LogP contribution in [0.4, 0.5) is 11.4 Å². The number of carbonyl (C=O) groups excluding carboxylic acids is 2. The van der Waals surface area contributed by atoms with Crippen molar-refractivity contribution in [3.8, 4) is 5.75 Å². The summed E-state index contributed by atoms with van der Waals surface area (Å²) in [5, 5.41) is 5.85. The number of amides is 1. The van der Waals surface area contributed by atoms with Crippen LogP contribution in [-0.2, 0) is 16.1 Å². The molecule has 0 fully saturated rings. The normalized spacial score (nSPS) is 11.4. The van der Waals surface area contributed by atoms with Gasteiger partial charge >= 0.3 is 5.97 Å². The number of furan rings is 1. The maximum absolute atomic E-state index is 12.6. The average molecular weight is 394 g/mol. The van der Waals surface area contributed by atoms with Gasteiger partial charge in [-0.25, -0.2) is 4.79 Å². The lowest BCUT2D eigenvalue weighted by molar-refractivity contribution is -0.123. The molecule has 0 aliphatic carbocycles. The number of nitrogens with one attached hydrogen (secondary N) is 2. The highest BCUT2D eigenvalue weighted by molar-refractivity contribution is 5.99. The molecule has 0 aliphatic rings. The lowest BCUT2D eigenvalue weighted by Crippen LogP contribution is -2.30. The summed E-state index contributed by atoms with van der Waals surface area (Å²) in [6.45, 7) is 1.94. The lowest BCUT2D eigenvalue weighted by atomic mass is 10.1. The summed E-state index contributed by atoms with van der Waals surface area (Å²) in [4.78, 5) is 25.0. The molecule has 150 valence electrons. The van der Waals surface area contributed by atoms with Gasteiger partial charge in [0.05, 0.1) is 25.5 Å². The van der Waals surface area contributed by atoms with Gasteiger partial charge in [-0.05, 0) is 43.3 Å². The van der Waals surface area contributed by atoms with Gasteiger partial charge in [0.2, 0.25) is 0 Å². The Morgan fingerprint density at radius 2 is 1.90 bits per heavy atom. The standard InChI is InChI=1S/C22H22N2O5/c1-15(21(25)24-16-7-5-8-17(13-16)27-2)29-22(26)19-10-3-4-11-20(19)23-14-18-9-6-12-28-18/h3-13,15,23H,14H2,1-2H3,(H,24,25)/t15-/m1/s1. The molecule has 2 N–H and O–H groups in total. The van der Waals surface area contributed by atoms with Crippen LogP contribution in [0.3, 0.4) is 0 Å². The molecule has 0 aliphatic heterocycles. The Balaban J connectivity index is 1.62. The average Bonchev–Trinajstić information content (AvgIpc) is 3.26. The zero-order valence-corrected chi connectivity index (χ0v) is 16.2. The lowest BCUT2D eigenvalue weighted by Gasteiger charge is -2.16. The Bertz CT molecular complexity index is 969. The van der Waals surface area contributed by atoms with Crippen molar-refractivity contribution in [2.45, 2.75) is 19.6 Å². The first-order chi connectivity index (χ1) is 14.1. The number of carbonyl (C=O) groups is 2. The van der Waals surface area contributed by atoms with Gasteiger partial charge in [0.15, 0.2) is 6.10 Å². The fraction of sp³-hybridized carbons (Fsp3) is 0.182. The van der Waals surface area contributed by atoms with Crippen LogP contribution >= 0.6 is 0 Å². The Labute approximate surface area is 168 Å². The molecule has 1 aromatic heterocycles. The fourth-order valence-electron chi connectivity index (χ4n) is 2.63. The van der Waals surface area contributed by atoms with Crippen molar-refractivity contribution < 1.29 is 23.5 Å². The summed E-state index contributed by atoms with van der Waals surface area (Å²) in [5.74, 6) is 0.316.